The molecule has 0 saturated heterocycles. The van der Waals surface area contributed by atoms with Crippen LogP contribution in [0.1, 0.15) is 13.8 Å². The van der Waals surface area contributed by atoms with Gasteiger partial charge < -0.3 is 9.47 Å². The SMILES string of the molecule is CC(=O)OC[C]1[CH][CH][CH][CH]1.CC(=O)OC[C]1[CH][CH][CH][CH]1.[Fe+2]. The van der Waals surface area contributed by atoms with Crippen LogP contribution in [-0.2, 0) is 36.1 Å². The number of esters is 2. The van der Waals surface area contributed by atoms with Crippen molar-refractivity contribution >= 4 is 11.9 Å². The molecule has 21 heavy (non-hydrogen) atoms. The third kappa shape index (κ3) is 10.8. The van der Waals surface area contributed by atoms with Crippen LogP contribution < -0.4 is 0 Å². The Morgan fingerprint density at radius 2 is 1.05 bits per heavy atom. The Kier molecular flexibility index (Phi) is 11.7. The molecule has 0 aromatic carbocycles. The van der Waals surface area contributed by atoms with E-state index in [2.05, 4.69) is 0 Å². The molecule has 0 amide bonds. The number of carbonyl (C=O) groups excluding carboxylic acids is 2. The van der Waals surface area contributed by atoms with Crippen molar-refractivity contribution in [3.8, 4) is 0 Å². The Hall–Kier alpha value is -0.541. The van der Waals surface area contributed by atoms with Crippen LogP contribution in [0.25, 0.3) is 0 Å². The van der Waals surface area contributed by atoms with E-state index in [1.807, 2.05) is 51.4 Å². The molecule has 10 radical (unpaired) electrons. The van der Waals surface area contributed by atoms with Gasteiger partial charge in [-0.1, -0.05) is 0 Å². The fraction of sp³-hybridized carbons (Fsp3) is 0.250. The summed E-state index contributed by atoms with van der Waals surface area (Å²) in [5.74, 6) is 1.60. The summed E-state index contributed by atoms with van der Waals surface area (Å²) in [6.45, 7) is 3.59. The molecule has 2 rings (SSSR count). The predicted octanol–water partition coefficient (Wildman–Crippen LogP) is 1.91. The Morgan fingerprint density at radius 1 is 0.762 bits per heavy atom. The first-order chi connectivity index (χ1) is 9.58. The zero-order chi connectivity index (χ0) is 14.8. The summed E-state index contributed by atoms with van der Waals surface area (Å²) in [7, 11) is 0. The maximum absolute atomic E-state index is 10.3. The second kappa shape index (κ2) is 12.0. The molecule has 0 N–H and O–H groups in total. The summed E-state index contributed by atoms with van der Waals surface area (Å²) in [6, 6.07) is 0. The largest absolute Gasteiger partial charge is 2.00 e. The van der Waals surface area contributed by atoms with Gasteiger partial charge in [0.15, 0.2) is 0 Å². The van der Waals surface area contributed by atoms with Gasteiger partial charge in [0.05, 0.1) is 13.2 Å². The third-order valence-electron chi connectivity index (χ3n) is 2.35. The van der Waals surface area contributed by atoms with E-state index < -0.39 is 0 Å². The van der Waals surface area contributed by atoms with Crippen molar-refractivity contribution in [1.82, 2.24) is 0 Å². The van der Waals surface area contributed by atoms with Gasteiger partial charge >= 0.3 is 29.0 Å². The fourth-order valence-electron chi connectivity index (χ4n) is 1.39. The Labute approximate surface area is 138 Å². The van der Waals surface area contributed by atoms with E-state index in [-0.39, 0.29) is 29.0 Å². The third-order valence-corrected chi connectivity index (χ3v) is 2.35. The van der Waals surface area contributed by atoms with Crippen LogP contribution >= 0.6 is 0 Å². The van der Waals surface area contributed by atoms with Gasteiger partial charge in [0.2, 0.25) is 0 Å². The molecule has 0 atom stereocenters. The molecular weight excluding hydrogens is 312 g/mol. The molecule has 2 aliphatic rings. The van der Waals surface area contributed by atoms with Crippen molar-refractivity contribution in [3.05, 3.63) is 63.2 Å². The van der Waals surface area contributed by atoms with E-state index >= 15 is 0 Å². The number of hydrogen-bond acceptors (Lipinski definition) is 4. The molecule has 0 aromatic rings. The molecule has 2 aliphatic carbocycles. The van der Waals surface area contributed by atoms with Crippen molar-refractivity contribution in [3.63, 3.8) is 0 Å². The van der Waals surface area contributed by atoms with E-state index in [1.165, 1.54) is 13.8 Å². The molecule has 0 bridgehead atoms. The van der Waals surface area contributed by atoms with Crippen molar-refractivity contribution < 1.29 is 36.1 Å². The average molecular weight is 330 g/mol. The van der Waals surface area contributed by atoms with Crippen LogP contribution in [0.3, 0.4) is 0 Å². The summed E-state index contributed by atoms with van der Waals surface area (Å²) < 4.78 is 9.49. The van der Waals surface area contributed by atoms with Gasteiger partial charge in [-0.3, -0.25) is 9.59 Å². The van der Waals surface area contributed by atoms with Gasteiger partial charge in [-0.25, -0.2) is 0 Å². The second-order valence-electron chi connectivity index (χ2n) is 4.15. The van der Waals surface area contributed by atoms with E-state index in [9.17, 15) is 9.59 Å². The van der Waals surface area contributed by atoms with Crippen LogP contribution in [0.15, 0.2) is 0 Å². The van der Waals surface area contributed by atoms with Crippen molar-refractivity contribution in [2.24, 2.45) is 0 Å². The number of hydrogen-bond donors (Lipinski definition) is 0. The normalized spacial score (nSPS) is 18.4. The summed E-state index contributed by atoms with van der Waals surface area (Å²) in [5, 5.41) is 0. The average Bonchev–Trinajstić information content (AvgIpc) is 3.08. The van der Waals surface area contributed by atoms with E-state index in [4.69, 9.17) is 9.47 Å². The standard InChI is InChI=1S/2C8H9O2.Fe/c2*1-7(9)10-6-8-4-2-3-5-8;/h2*2-5H,6H2,1H3;/q;;+2. The minimum absolute atomic E-state index is 0. The first kappa shape index (κ1) is 20.5. The van der Waals surface area contributed by atoms with E-state index in [0.717, 1.165) is 11.8 Å². The number of ether oxygens (including phenoxy) is 2. The summed E-state index contributed by atoms with van der Waals surface area (Å²) >= 11 is 0. The minimum Gasteiger partial charge on any atom is -0.465 e. The molecule has 0 spiro atoms. The molecule has 0 aliphatic heterocycles. The fourth-order valence-corrected chi connectivity index (χ4v) is 1.39. The Bertz CT molecular complexity index is 265. The van der Waals surface area contributed by atoms with Crippen molar-refractivity contribution in [2.45, 2.75) is 13.8 Å². The van der Waals surface area contributed by atoms with E-state index in [0.29, 0.717) is 13.2 Å². The summed E-state index contributed by atoms with van der Waals surface area (Å²) in [4.78, 5) is 20.6. The van der Waals surface area contributed by atoms with Crippen LogP contribution in [0, 0.1) is 63.2 Å². The van der Waals surface area contributed by atoms with Crippen molar-refractivity contribution in [1.29, 1.82) is 0 Å². The molecule has 2 saturated carbocycles. The smallest absolute Gasteiger partial charge is 0.465 e. The topological polar surface area (TPSA) is 52.6 Å². The zero-order valence-electron chi connectivity index (χ0n) is 12.0. The Morgan fingerprint density at radius 3 is 1.29 bits per heavy atom. The van der Waals surface area contributed by atoms with Crippen LogP contribution in [0.2, 0.25) is 0 Å². The molecule has 5 heteroatoms. The maximum Gasteiger partial charge on any atom is 2.00 e. The van der Waals surface area contributed by atoms with Gasteiger partial charge in [-0.05, 0) is 51.4 Å². The molecule has 4 nitrogen and oxygen atoms in total. The van der Waals surface area contributed by atoms with Gasteiger partial charge in [0.1, 0.15) is 0 Å². The molecule has 0 aromatic heterocycles. The Balaban J connectivity index is 0.000000364. The first-order valence-electron chi connectivity index (χ1n) is 6.26. The van der Waals surface area contributed by atoms with Gasteiger partial charge in [0, 0.05) is 25.7 Å². The minimum atomic E-state index is -0.235. The monoisotopic (exact) mass is 330 g/mol. The van der Waals surface area contributed by atoms with Gasteiger partial charge in [0.25, 0.3) is 0 Å². The quantitative estimate of drug-likeness (QED) is 0.584. The molecule has 0 heterocycles. The maximum atomic E-state index is 10.3. The summed E-state index contributed by atoms with van der Waals surface area (Å²) in [5.41, 5.74) is 0. The summed E-state index contributed by atoms with van der Waals surface area (Å²) in [6.07, 6.45) is 15.3. The molecule has 2 fully saturated rings. The zero-order valence-corrected chi connectivity index (χ0v) is 13.1. The van der Waals surface area contributed by atoms with Gasteiger partial charge in [-0.15, -0.1) is 0 Å². The van der Waals surface area contributed by atoms with Crippen LogP contribution in [0.4, 0.5) is 0 Å². The molecule has 0 unspecified atom stereocenters. The molecule has 112 valence electrons. The van der Waals surface area contributed by atoms with Crippen molar-refractivity contribution in [2.75, 3.05) is 13.2 Å². The molecular formula is C16H18FeO4+2. The van der Waals surface area contributed by atoms with E-state index in [1.54, 1.807) is 0 Å². The van der Waals surface area contributed by atoms with Crippen LogP contribution in [0.5, 0.6) is 0 Å². The van der Waals surface area contributed by atoms with Crippen LogP contribution in [-0.4, -0.2) is 25.2 Å². The second-order valence-corrected chi connectivity index (χ2v) is 4.15. The first-order valence-corrected chi connectivity index (χ1v) is 6.26. The predicted molar refractivity (Wildman–Crippen MR) is 74.2 cm³/mol. The number of carbonyl (C=O) groups is 2. The van der Waals surface area contributed by atoms with Gasteiger partial charge in [-0.2, -0.15) is 0 Å². The number of rotatable bonds is 4.